The quantitative estimate of drug-likeness (QED) is 0.673. The number of aromatic carboxylic acids is 1. The first-order valence-corrected chi connectivity index (χ1v) is 6.78. The average Bonchev–Trinajstić information content (AvgIpc) is 2.84. The first-order valence-electron chi connectivity index (χ1n) is 5.98. The Kier molecular flexibility index (Phi) is 3.53. The molecule has 8 heteroatoms. The third kappa shape index (κ3) is 2.41. The highest BCUT2D eigenvalue weighted by atomic mass is 79.9. The monoisotopic (exact) mass is 368 g/mol. The summed E-state index contributed by atoms with van der Waals surface area (Å²) in [5.74, 6) is -3.18. The van der Waals surface area contributed by atoms with E-state index in [9.17, 15) is 18.7 Å². The van der Waals surface area contributed by atoms with Crippen molar-refractivity contribution in [1.82, 2.24) is 4.98 Å². The number of hydrogen-bond acceptors (Lipinski definition) is 4. The minimum Gasteiger partial charge on any atom is -0.475 e. The largest absolute Gasteiger partial charge is 0.475 e. The van der Waals surface area contributed by atoms with E-state index in [2.05, 4.69) is 26.2 Å². The summed E-state index contributed by atoms with van der Waals surface area (Å²) in [5.41, 5.74) is 0.0684. The van der Waals surface area contributed by atoms with Crippen LogP contribution in [-0.4, -0.2) is 16.1 Å². The van der Waals surface area contributed by atoms with Gasteiger partial charge in [-0.15, -0.1) is 0 Å². The van der Waals surface area contributed by atoms with Crippen LogP contribution in [0.1, 0.15) is 10.6 Å². The van der Waals surface area contributed by atoms with Gasteiger partial charge >= 0.3 is 5.97 Å². The number of halogens is 3. The minimum absolute atomic E-state index is 0.0104. The van der Waals surface area contributed by atoms with Gasteiger partial charge in [0.25, 0.3) is 0 Å². The average molecular weight is 369 g/mol. The van der Waals surface area contributed by atoms with E-state index >= 15 is 0 Å². The molecule has 0 fully saturated rings. The summed E-state index contributed by atoms with van der Waals surface area (Å²) in [6, 6.07) is 3.34. The van der Waals surface area contributed by atoms with E-state index in [4.69, 9.17) is 4.42 Å². The molecule has 0 unspecified atom stereocenters. The second kappa shape index (κ2) is 5.38. The van der Waals surface area contributed by atoms with Crippen LogP contribution in [0.15, 0.2) is 39.5 Å². The van der Waals surface area contributed by atoms with Gasteiger partial charge in [-0.1, -0.05) is 0 Å². The van der Waals surface area contributed by atoms with Crippen LogP contribution in [0, 0.1) is 11.6 Å². The smallest absolute Gasteiger partial charge is 0.374 e. The number of rotatable bonds is 3. The van der Waals surface area contributed by atoms with E-state index < -0.39 is 23.4 Å². The maximum atomic E-state index is 13.9. The van der Waals surface area contributed by atoms with Crippen molar-refractivity contribution in [3.63, 3.8) is 0 Å². The maximum absolute atomic E-state index is 13.9. The van der Waals surface area contributed by atoms with Gasteiger partial charge < -0.3 is 14.8 Å². The third-order valence-electron chi connectivity index (χ3n) is 2.95. The van der Waals surface area contributed by atoms with Crippen LogP contribution in [0.4, 0.5) is 20.2 Å². The van der Waals surface area contributed by atoms with Gasteiger partial charge in [-0.2, -0.15) is 0 Å². The molecule has 1 aromatic carbocycles. The molecular weight excluding hydrogens is 362 g/mol. The van der Waals surface area contributed by atoms with E-state index in [1.54, 1.807) is 0 Å². The zero-order valence-corrected chi connectivity index (χ0v) is 12.3. The molecule has 0 amide bonds. The Morgan fingerprint density at radius 3 is 2.82 bits per heavy atom. The number of fused-ring (bicyclic) bond motifs is 1. The summed E-state index contributed by atoms with van der Waals surface area (Å²) in [7, 11) is 0. The molecule has 112 valence electrons. The van der Waals surface area contributed by atoms with Gasteiger partial charge in [-0.25, -0.2) is 13.6 Å². The Morgan fingerprint density at radius 2 is 2.09 bits per heavy atom. The molecule has 22 heavy (non-hydrogen) atoms. The Morgan fingerprint density at radius 1 is 1.32 bits per heavy atom. The summed E-state index contributed by atoms with van der Waals surface area (Å²) in [6.07, 6.45) is 2.81. The van der Waals surface area contributed by atoms with Crippen molar-refractivity contribution in [2.24, 2.45) is 0 Å². The molecule has 0 saturated carbocycles. The molecule has 2 heterocycles. The SMILES string of the molecule is O=C(O)c1oc2ccncc2c1Nc1cc(F)c(Br)cc1F. The summed E-state index contributed by atoms with van der Waals surface area (Å²) in [5, 5.41) is 12.1. The molecule has 0 bridgehead atoms. The van der Waals surface area contributed by atoms with Crippen LogP contribution in [0.2, 0.25) is 0 Å². The van der Waals surface area contributed by atoms with Crippen LogP contribution >= 0.6 is 15.9 Å². The Bertz CT molecular complexity index is 895. The van der Waals surface area contributed by atoms with Crippen LogP contribution in [0.5, 0.6) is 0 Å². The number of hydrogen-bond donors (Lipinski definition) is 2. The molecule has 0 saturated heterocycles. The standard InChI is InChI=1S/C14H7BrF2N2O3/c15-7-3-9(17)10(4-8(7)16)19-12-6-5-18-2-1-11(6)22-13(12)14(20)21/h1-5,19H,(H,20,21). The number of benzene rings is 1. The summed E-state index contributed by atoms with van der Waals surface area (Å²) >= 11 is 2.87. The molecule has 0 radical (unpaired) electrons. The number of nitrogens with one attached hydrogen (secondary N) is 1. The lowest BCUT2D eigenvalue weighted by molar-refractivity contribution is 0.0666. The minimum atomic E-state index is -1.34. The maximum Gasteiger partial charge on any atom is 0.374 e. The van der Waals surface area contributed by atoms with Gasteiger partial charge in [0.15, 0.2) is 0 Å². The van der Waals surface area contributed by atoms with Crippen LogP contribution in [0.25, 0.3) is 11.0 Å². The number of aromatic nitrogens is 1. The number of carbonyl (C=O) groups is 1. The molecule has 2 aromatic heterocycles. The zero-order valence-electron chi connectivity index (χ0n) is 10.7. The first-order chi connectivity index (χ1) is 10.5. The molecule has 2 N–H and O–H groups in total. The normalized spacial score (nSPS) is 10.9. The number of carboxylic acid groups (broad SMARTS) is 1. The highest BCUT2D eigenvalue weighted by Gasteiger charge is 2.21. The van der Waals surface area contributed by atoms with Gasteiger partial charge in [0, 0.05) is 18.5 Å². The molecule has 3 rings (SSSR count). The van der Waals surface area contributed by atoms with Gasteiger partial charge in [0.1, 0.15) is 22.9 Å². The fraction of sp³-hybridized carbons (Fsp3) is 0. The van der Waals surface area contributed by atoms with Crippen molar-refractivity contribution in [2.45, 2.75) is 0 Å². The molecular formula is C14H7BrF2N2O3. The zero-order chi connectivity index (χ0) is 15.9. The first kappa shape index (κ1) is 14.5. The molecule has 0 aliphatic heterocycles. The fourth-order valence-corrected chi connectivity index (χ4v) is 2.28. The lowest BCUT2D eigenvalue weighted by atomic mass is 10.2. The molecule has 0 aliphatic rings. The predicted octanol–water partition coefficient (Wildman–Crippen LogP) is 4.31. The van der Waals surface area contributed by atoms with Crippen molar-refractivity contribution in [3.05, 3.63) is 52.5 Å². The van der Waals surface area contributed by atoms with Crippen molar-refractivity contribution >= 4 is 44.2 Å². The Balaban J connectivity index is 2.16. The van der Waals surface area contributed by atoms with Gasteiger partial charge in [0.05, 0.1) is 15.5 Å². The number of pyridine rings is 1. The van der Waals surface area contributed by atoms with E-state index in [0.29, 0.717) is 5.39 Å². The van der Waals surface area contributed by atoms with Crippen LogP contribution in [-0.2, 0) is 0 Å². The summed E-state index contributed by atoms with van der Waals surface area (Å²) < 4.78 is 32.6. The third-order valence-corrected chi connectivity index (χ3v) is 3.56. The molecule has 5 nitrogen and oxygen atoms in total. The molecule has 0 spiro atoms. The molecule has 3 aromatic rings. The lowest BCUT2D eigenvalue weighted by Gasteiger charge is -2.08. The van der Waals surface area contributed by atoms with Crippen molar-refractivity contribution in [3.8, 4) is 0 Å². The summed E-state index contributed by atoms with van der Waals surface area (Å²) in [6.45, 7) is 0. The molecule has 0 aliphatic carbocycles. The number of anilines is 2. The topological polar surface area (TPSA) is 75.4 Å². The second-order valence-electron chi connectivity index (χ2n) is 4.35. The van der Waals surface area contributed by atoms with Gasteiger partial charge in [-0.3, -0.25) is 4.98 Å². The van der Waals surface area contributed by atoms with E-state index in [1.807, 2.05) is 0 Å². The van der Waals surface area contributed by atoms with Crippen LogP contribution in [0.3, 0.4) is 0 Å². The highest BCUT2D eigenvalue weighted by molar-refractivity contribution is 9.10. The van der Waals surface area contributed by atoms with E-state index in [1.165, 1.54) is 18.5 Å². The fourth-order valence-electron chi connectivity index (χ4n) is 1.97. The predicted molar refractivity (Wildman–Crippen MR) is 78.3 cm³/mol. The molecule has 0 atom stereocenters. The van der Waals surface area contributed by atoms with E-state index in [0.717, 1.165) is 12.1 Å². The van der Waals surface area contributed by atoms with E-state index in [-0.39, 0.29) is 21.4 Å². The lowest BCUT2D eigenvalue weighted by Crippen LogP contribution is -2.01. The van der Waals surface area contributed by atoms with Crippen molar-refractivity contribution in [2.75, 3.05) is 5.32 Å². The number of furan rings is 1. The van der Waals surface area contributed by atoms with Crippen molar-refractivity contribution < 1.29 is 23.1 Å². The van der Waals surface area contributed by atoms with Gasteiger partial charge in [0.2, 0.25) is 5.76 Å². The second-order valence-corrected chi connectivity index (χ2v) is 5.21. The van der Waals surface area contributed by atoms with Gasteiger partial charge in [-0.05, 0) is 28.1 Å². The summed E-state index contributed by atoms with van der Waals surface area (Å²) in [4.78, 5) is 15.1. The number of carboxylic acids is 1. The highest BCUT2D eigenvalue weighted by Crippen LogP contribution is 2.34. The Labute approximate surface area is 130 Å². The Hall–Kier alpha value is -2.48. The van der Waals surface area contributed by atoms with Crippen LogP contribution < -0.4 is 5.32 Å². The number of nitrogens with zero attached hydrogens (tertiary/aromatic N) is 1. The van der Waals surface area contributed by atoms with Crippen molar-refractivity contribution in [1.29, 1.82) is 0 Å².